The Balaban J connectivity index is 2.06. The van der Waals surface area contributed by atoms with Gasteiger partial charge in [0, 0.05) is 18.1 Å². The Kier molecular flexibility index (Phi) is 6.62. The maximum Gasteiger partial charge on any atom is 0.326 e. The summed E-state index contributed by atoms with van der Waals surface area (Å²) in [5.74, 6) is -0.229. The first-order chi connectivity index (χ1) is 14.5. The largest absolute Gasteiger partial charge is 0.497 e. The summed E-state index contributed by atoms with van der Waals surface area (Å²) < 4.78 is 21.0. The molecule has 0 aromatic heterocycles. The van der Waals surface area contributed by atoms with Gasteiger partial charge in [0.1, 0.15) is 17.0 Å². The summed E-state index contributed by atoms with van der Waals surface area (Å²) in [6, 6.07) is 14.5. The molecule has 3 atom stereocenters. The lowest BCUT2D eigenvalue weighted by atomic mass is 9.85. The SMILES string of the molecule is COC(=O)[C@H]1C[C@@](Cc2ccccc2)(C(=O)OC)N[C@H]1c1ccc(OC)cc1OC. The molecule has 0 amide bonds. The number of nitrogens with one attached hydrogen (secondary N) is 1. The fourth-order valence-corrected chi connectivity index (χ4v) is 4.17. The molecule has 2 aromatic carbocycles. The van der Waals surface area contributed by atoms with E-state index < -0.39 is 29.4 Å². The van der Waals surface area contributed by atoms with Gasteiger partial charge in [-0.05, 0) is 18.1 Å². The van der Waals surface area contributed by atoms with E-state index in [0.717, 1.165) is 11.1 Å². The zero-order chi connectivity index (χ0) is 21.7. The van der Waals surface area contributed by atoms with Gasteiger partial charge in [0.15, 0.2) is 0 Å². The van der Waals surface area contributed by atoms with Crippen molar-refractivity contribution in [3.8, 4) is 11.5 Å². The number of benzene rings is 2. The van der Waals surface area contributed by atoms with Gasteiger partial charge in [0.25, 0.3) is 0 Å². The molecule has 0 unspecified atom stereocenters. The first kappa shape index (κ1) is 21.6. The van der Waals surface area contributed by atoms with E-state index in [1.54, 1.807) is 26.4 Å². The molecule has 1 aliphatic heterocycles. The minimum absolute atomic E-state index is 0.237. The van der Waals surface area contributed by atoms with E-state index in [1.807, 2.05) is 36.4 Å². The predicted molar refractivity (Wildman–Crippen MR) is 110 cm³/mol. The van der Waals surface area contributed by atoms with Crippen molar-refractivity contribution in [3.05, 3.63) is 59.7 Å². The van der Waals surface area contributed by atoms with Crippen LogP contribution in [0, 0.1) is 5.92 Å². The minimum atomic E-state index is -1.08. The molecule has 3 rings (SSSR count). The number of carbonyl (C=O) groups is 2. The fraction of sp³-hybridized carbons (Fsp3) is 0.391. The van der Waals surface area contributed by atoms with Crippen LogP contribution in [0.5, 0.6) is 11.5 Å². The van der Waals surface area contributed by atoms with Crippen molar-refractivity contribution in [2.45, 2.75) is 24.4 Å². The monoisotopic (exact) mass is 413 g/mol. The lowest BCUT2D eigenvalue weighted by molar-refractivity contribution is -0.148. The highest BCUT2D eigenvalue weighted by Crippen LogP contribution is 2.44. The van der Waals surface area contributed by atoms with E-state index in [2.05, 4.69) is 5.32 Å². The normalized spacial score (nSPS) is 22.9. The van der Waals surface area contributed by atoms with Crippen LogP contribution in [-0.4, -0.2) is 45.9 Å². The zero-order valence-corrected chi connectivity index (χ0v) is 17.6. The molecule has 1 heterocycles. The topological polar surface area (TPSA) is 83.1 Å². The Morgan fingerprint density at radius 1 is 1.00 bits per heavy atom. The van der Waals surface area contributed by atoms with Crippen molar-refractivity contribution in [2.24, 2.45) is 5.92 Å². The van der Waals surface area contributed by atoms with E-state index in [4.69, 9.17) is 18.9 Å². The molecular formula is C23H27NO6. The molecular weight excluding hydrogens is 386 g/mol. The third-order valence-corrected chi connectivity index (χ3v) is 5.61. The van der Waals surface area contributed by atoms with E-state index >= 15 is 0 Å². The molecule has 160 valence electrons. The van der Waals surface area contributed by atoms with Gasteiger partial charge in [0.05, 0.1) is 40.4 Å². The summed E-state index contributed by atoms with van der Waals surface area (Å²) in [4.78, 5) is 25.6. The highest BCUT2D eigenvalue weighted by Gasteiger charge is 2.54. The number of ether oxygens (including phenoxy) is 4. The molecule has 0 aliphatic carbocycles. The lowest BCUT2D eigenvalue weighted by Crippen LogP contribution is -2.50. The van der Waals surface area contributed by atoms with Crippen LogP contribution in [-0.2, 0) is 25.5 Å². The minimum Gasteiger partial charge on any atom is -0.497 e. The van der Waals surface area contributed by atoms with Crippen molar-refractivity contribution in [1.82, 2.24) is 5.32 Å². The van der Waals surface area contributed by atoms with Gasteiger partial charge in [-0.2, -0.15) is 0 Å². The lowest BCUT2D eigenvalue weighted by Gasteiger charge is -2.28. The Morgan fingerprint density at radius 3 is 2.33 bits per heavy atom. The highest BCUT2D eigenvalue weighted by molar-refractivity contribution is 5.85. The average molecular weight is 413 g/mol. The molecule has 30 heavy (non-hydrogen) atoms. The molecule has 1 fully saturated rings. The van der Waals surface area contributed by atoms with Gasteiger partial charge in [-0.1, -0.05) is 36.4 Å². The van der Waals surface area contributed by atoms with Gasteiger partial charge in [-0.3, -0.25) is 14.9 Å². The number of hydrogen-bond acceptors (Lipinski definition) is 7. The summed E-state index contributed by atoms with van der Waals surface area (Å²) in [6.45, 7) is 0. The first-order valence-electron chi connectivity index (χ1n) is 9.67. The van der Waals surface area contributed by atoms with Crippen molar-refractivity contribution >= 4 is 11.9 Å². The Hall–Kier alpha value is -3.06. The second-order valence-corrected chi connectivity index (χ2v) is 7.30. The standard InChI is InChI=1S/C23H27NO6/c1-27-16-10-11-17(19(12-16)28-2)20-18(21(25)29-3)14-23(24-20,22(26)30-4)13-15-8-6-5-7-9-15/h5-12,18,20,24H,13-14H2,1-4H3/t18-,20-,23-/m0/s1. The molecule has 2 aromatic rings. The summed E-state index contributed by atoms with van der Waals surface area (Å²) in [7, 11) is 5.82. The van der Waals surface area contributed by atoms with Gasteiger partial charge in [0.2, 0.25) is 0 Å². The second kappa shape index (κ2) is 9.17. The van der Waals surface area contributed by atoms with E-state index in [9.17, 15) is 9.59 Å². The smallest absolute Gasteiger partial charge is 0.326 e. The number of esters is 2. The number of carbonyl (C=O) groups excluding carboxylic acids is 2. The molecule has 7 nitrogen and oxygen atoms in total. The first-order valence-corrected chi connectivity index (χ1v) is 9.67. The van der Waals surface area contributed by atoms with Crippen LogP contribution in [0.15, 0.2) is 48.5 Å². The summed E-state index contributed by atoms with van der Waals surface area (Å²) >= 11 is 0. The zero-order valence-electron chi connectivity index (χ0n) is 17.6. The van der Waals surface area contributed by atoms with Gasteiger partial charge in [-0.15, -0.1) is 0 Å². The molecule has 1 saturated heterocycles. The molecule has 0 bridgehead atoms. The van der Waals surface area contributed by atoms with Gasteiger partial charge < -0.3 is 18.9 Å². The van der Waals surface area contributed by atoms with Crippen LogP contribution in [0.1, 0.15) is 23.6 Å². The van der Waals surface area contributed by atoms with Crippen LogP contribution in [0.2, 0.25) is 0 Å². The van der Waals surface area contributed by atoms with E-state index in [1.165, 1.54) is 14.2 Å². The Bertz CT molecular complexity index is 900. The maximum absolute atomic E-state index is 12.9. The number of rotatable bonds is 7. The molecule has 1 N–H and O–H groups in total. The summed E-state index contributed by atoms with van der Waals surface area (Å²) in [5.41, 5.74) is 0.624. The van der Waals surface area contributed by atoms with Gasteiger partial charge >= 0.3 is 11.9 Å². The number of methoxy groups -OCH3 is 4. The summed E-state index contributed by atoms with van der Waals surface area (Å²) in [5, 5.41) is 3.40. The van der Waals surface area contributed by atoms with E-state index in [-0.39, 0.29) is 6.42 Å². The van der Waals surface area contributed by atoms with Crippen LogP contribution in [0.3, 0.4) is 0 Å². The quantitative estimate of drug-likeness (QED) is 0.699. The fourth-order valence-electron chi connectivity index (χ4n) is 4.17. The third kappa shape index (κ3) is 4.11. The number of hydrogen-bond donors (Lipinski definition) is 1. The molecule has 0 radical (unpaired) electrons. The molecule has 1 aliphatic rings. The van der Waals surface area contributed by atoms with Crippen molar-refractivity contribution in [3.63, 3.8) is 0 Å². The Labute approximate surface area is 176 Å². The van der Waals surface area contributed by atoms with Gasteiger partial charge in [-0.25, -0.2) is 0 Å². The second-order valence-electron chi connectivity index (χ2n) is 7.30. The average Bonchev–Trinajstić information content (AvgIpc) is 3.18. The molecule has 0 spiro atoms. The van der Waals surface area contributed by atoms with Crippen LogP contribution >= 0.6 is 0 Å². The van der Waals surface area contributed by atoms with Crippen LogP contribution in [0.25, 0.3) is 0 Å². The van der Waals surface area contributed by atoms with Crippen molar-refractivity contribution in [2.75, 3.05) is 28.4 Å². The summed E-state index contributed by atoms with van der Waals surface area (Å²) in [6.07, 6.45) is 0.615. The van der Waals surface area contributed by atoms with Crippen molar-refractivity contribution in [1.29, 1.82) is 0 Å². The highest BCUT2D eigenvalue weighted by atomic mass is 16.5. The molecule has 7 heteroatoms. The van der Waals surface area contributed by atoms with Crippen LogP contribution in [0.4, 0.5) is 0 Å². The predicted octanol–water partition coefficient (Wildman–Crippen LogP) is 2.68. The third-order valence-electron chi connectivity index (χ3n) is 5.61. The van der Waals surface area contributed by atoms with E-state index in [0.29, 0.717) is 17.9 Å². The van der Waals surface area contributed by atoms with Crippen molar-refractivity contribution < 1.29 is 28.5 Å². The Morgan fingerprint density at radius 2 is 1.73 bits per heavy atom. The maximum atomic E-state index is 12.9. The van der Waals surface area contributed by atoms with Crippen LogP contribution < -0.4 is 14.8 Å². The molecule has 0 saturated carbocycles.